The van der Waals surface area contributed by atoms with E-state index in [-0.39, 0.29) is 24.5 Å². The molecule has 1 fully saturated rings. The monoisotopic (exact) mass is 404 g/mol. The maximum atomic E-state index is 12.1. The van der Waals surface area contributed by atoms with Crippen LogP contribution in [0.5, 0.6) is 0 Å². The minimum atomic E-state index is -0.249. The van der Waals surface area contributed by atoms with Gasteiger partial charge >= 0.3 is 6.09 Å². The van der Waals surface area contributed by atoms with Gasteiger partial charge in [0.25, 0.3) is 0 Å². The summed E-state index contributed by atoms with van der Waals surface area (Å²) in [6.45, 7) is 8.55. The summed E-state index contributed by atoms with van der Waals surface area (Å²) < 4.78 is 5.05. The average Bonchev–Trinajstić information content (AvgIpc) is 2.70. The number of pyridine rings is 1. The summed E-state index contributed by atoms with van der Waals surface area (Å²) in [6, 6.07) is 3.91. The van der Waals surface area contributed by atoms with Crippen LogP contribution in [-0.4, -0.2) is 66.7 Å². The number of rotatable bonds is 7. The molecule has 0 spiro atoms. The molecule has 0 aromatic carbocycles. The molecule has 1 saturated heterocycles. The highest BCUT2D eigenvalue weighted by Gasteiger charge is 2.24. The van der Waals surface area contributed by atoms with E-state index in [9.17, 15) is 9.59 Å². The lowest BCUT2D eigenvalue weighted by Gasteiger charge is -2.32. The molecule has 2 heterocycles. The topological polar surface area (TPSA) is 108 Å². The molecule has 0 atom stereocenters. The normalized spacial score (nSPS) is 15.0. The number of carbonyl (C=O) groups excluding carboxylic acids is 2. The number of carbonyl (C=O) groups is 2. The molecule has 1 aromatic rings. The highest BCUT2D eigenvalue weighted by Crippen LogP contribution is 2.11. The summed E-state index contributed by atoms with van der Waals surface area (Å²) in [7, 11) is 0. The maximum absolute atomic E-state index is 12.1. The van der Waals surface area contributed by atoms with Crippen LogP contribution < -0.4 is 16.0 Å². The van der Waals surface area contributed by atoms with Crippen molar-refractivity contribution >= 4 is 23.8 Å². The maximum Gasteiger partial charge on any atom is 0.409 e. The van der Waals surface area contributed by atoms with E-state index in [0.29, 0.717) is 38.0 Å². The van der Waals surface area contributed by atoms with Gasteiger partial charge in [0.05, 0.1) is 13.2 Å². The second kappa shape index (κ2) is 11.9. The van der Waals surface area contributed by atoms with E-state index < -0.39 is 0 Å². The number of hydrogen-bond donors (Lipinski definition) is 3. The van der Waals surface area contributed by atoms with Crippen LogP contribution in [-0.2, 0) is 9.53 Å². The summed E-state index contributed by atoms with van der Waals surface area (Å²) in [4.78, 5) is 34.3. The van der Waals surface area contributed by atoms with Crippen LogP contribution in [0.25, 0.3) is 0 Å². The van der Waals surface area contributed by atoms with Crippen LogP contribution >= 0.6 is 0 Å². The Morgan fingerprint density at radius 2 is 2.03 bits per heavy atom. The standard InChI is InChI=1S/C20H32N6O3/c1-4-21-19(24-16-9-12-26(13-10-16)20(28)29-5-2)22-11-8-18(27)25-17-7-6-15(3)14-23-17/h6-7,14,16H,4-5,8-13H2,1-3H3,(H2,21,22,24)(H,23,25,27). The zero-order valence-corrected chi connectivity index (χ0v) is 17.5. The Kier molecular flexibility index (Phi) is 9.20. The zero-order valence-electron chi connectivity index (χ0n) is 17.5. The molecule has 9 nitrogen and oxygen atoms in total. The first-order valence-corrected chi connectivity index (χ1v) is 10.2. The number of likely N-dealkylation sites (tertiary alicyclic amines) is 1. The molecular weight excluding hydrogens is 372 g/mol. The summed E-state index contributed by atoms with van der Waals surface area (Å²) in [5.74, 6) is 1.11. The Hall–Kier alpha value is -2.84. The highest BCUT2D eigenvalue weighted by molar-refractivity contribution is 5.90. The van der Waals surface area contributed by atoms with E-state index in [4.69, 9.17) is 4.74 Å². The molecule has 0 unspecified atom stereocenters. The molecule has 0 bridgehead atoms. The van der Waals surface area contributed by atoms with Crippen molar-refractivity contribution in [1.29, 1.82) is 0 Å². The smallest absolute Gasteiger partial charge is 0.409 e. The number of ether oxygens (including phenoxy) is 1. The predicted octanol–water partition coefficient (Wildman–Crippen LogP) is 1.89. The second-order valence-corrected chi connectivity index (χ2v) is 6.88. The van der Waals surface area contributed by atoms with Crippen LogP contribution in [0.15, 0.2) is 23.3 Å². The second-order valence-electron chi connectivity index (χ2n) is 6.88. The summed E-state index contributed by atoms with van der Waals surface area (Å²) in [5, 5.41) is 9.37. The van der Waals surface area contributed by atoms with Gasteiger partial charge < -0.3 is 25.6 Å². The lowest BCUT2D eigenvalue weighted by molar-refractivity contribution is -0.116. The predicted molar refractivity (Wildman–Crippen MR) is 113 cm³/mol. The number of nitrogens with zero attached hydrogens (tertiary/aromatic N) is 3. The first-order chi connectivity index (χ1) is 14.0. The van der Waals surface area contributed by atoms with Crippen molar-refractivity contribution in [1.82, 2.24) is 20.5 Å². The zero-order chi connectivity index (χ0) is 21.1. The molecule has 0 aliphatic carbocycles. The van der Waals surface area contributed by atoms with Crippen molar-refractivity contribution in [3.05, 3.63) is 23.9 Å². The van der Waals surface area contributed by atoms with E-state index in [1.165, 1.54) is 0 Å². The lowest BCUT2D eigenvalue weighted by Crippen LogP contribution is -2.50. The number of aryl methyl sites for hydroxylation is 1. The minimum Gasteiger partial charge on any atom is -0.450 e. The summed E-state index contributed by atoms with van der Waals surface area (Å²) >= 11 is 0. The van der Waals surface area contributed by atoms with Gasteiger partial charge in [-0.15, -0.1) is 0 Å². The molecule has 29 heavy (non-hydrogen) atoms. The van der Waals surface area contributed by atoms with Gasteiger partial charge in [0.15, 0.2) is 5.96 Å². The van der Waals surface area contributed by atoms with Crippen molar-refractivity contribution in [2.24, 2.45) is 4.99 Å². The van der Waals surface area contributed by atoms with Gasteiger partial charge in [-0.2, -0.15) is 0 Å². The highest BCUT2D eigenvalue weighted by atomic mass is 16.6. The molecule has 0 radical (unpaired) electrons. The van der Waals surface area contributed by atoms with Crippen LogP contribution in [0, 0.1) is 6.92 Å². The fraction of sp³-hybridized carbons (Fsp3) is 0.600. The van der Waals surface area contributed by atoms with Gasteiger partial charge in [-0.05, 0) is 45.2 Å². The first kappa shape index (κ1) is 22.4. The van der Waals surface area contributed by atoms with Crippen molar-refractivity contribution in [2.75, 3.05) is 38.1 Å². The third-order valence-electron chi connectivity index (χ3n) is 4.49. The Morgan fingerprint density at radius 1 is 1.28 bits per heavy atom. The van der Waals surface area contributed by atoms with Crippen LogP contribution in [0.3, 0.4) is 0 Å². The fourth-order valence-corrected chi connectivity index (χ4v) is 2.95. The fourth-order valence-electron chi connectivity index (χ4n) is 2.95. The van der Waals surface area contributed by atoms with Crippen molar-refractivity contribution in [3.8, 4) is 0 Å². The van der Waals surface area contributed by atoms with Gasteiger partial charge in [-0.25, -0.2) is 9.78 Å². The number of piperidine rings is 1. The van der Waals surface area contributed by atoms with E-state index in [0.717, 1.165) is 24.9 Å². The van der Waals surface area contributed by atoms with Crippen LogP contribution in [0.4, 0.5) is 10.6 Å². The molecule has 2 rings (SSSR count). The van der Waals surface area contributed by atoms with E-state index in [2.05, 4.69) is 25.9 Å². The molecule has 0 saturated carbocycles. The third-order valence-corrected chi connectivity index (χ3v) is 4.49. The number of nitrogens with one attached hydrogen (secondary N) is 3. The Morgan fingerprint density at radius 3 is 2.66 bits per heavy atom. The molecule has 1 aliphatic rings. The molecule has 3 N–H and O–H groups in total. The molecule has 1 aromatic heterocycles. The van der Waals surface area contributed by atoms with Crippen molar-refractivity contribution in [3.63, 3.8) is 0 Å². The van der Waals surface area contributed by atoms with Gasteiger partial charge in [0.2, 0.25) is 5.91 Å². The molecule has 2 amide bonds. The quantitative estimate of drug-likeness (QED) is 0.473. The van der Waals surface area contributed by atoms with Crippen LogP contribution in [0.1, 0.15) is 38.7 Å². The van der Waals surface area contributed by atoms with Crippen LogP contribution in [0.2, 0.25) is 0 Å². The Balaban J connectivity index is 1.77. The number of aromatic nitrogens is 1. The van der Waals surface area contributed by atoms with Gasteiger partial charge in [0.1, 0.15) is 5.82 Å². The number of amides is 2. The Labute approximate surface area is 172 Å². The minimum absolute atomic E-state index is 0.122. The van der Waals surface area contributed by atoms with E-state index in [1.54, 1.807) is 17.2 Å². The summed E-state index contributed by atoms with van der Waals surface area (Å²) in [6.07, 6.45) is 3.38. The SMILES string of the molecule is CCNC(=NCCC(=O)Nc1ccc(C)cn1)NC1CCN(C(=O)OCC)CC1. The molecule has 160 valence electrons. The Bertz CT molecular complexity index is 684. The van der Waals surface area contributed by atoms with Gasteiger partial charge in [-0.1, -0.05) is 6.07 Å². The van der Waals surface area contributed by atoms with E-state index in [1.807, 2.05) is 26.8 Å². The van der Waals surface area contributed by atoms with Gasteiger partial charge in [-0.3, -0.25) is 9.79 Å². The van der Waals surface area contributed by atoms with E-state index >= 15 is 0 Å². The summed E-state index contributed by atoms with van der Waals surface area (Å²) in [5.41, 5.74) is 1.04. The lowest BCUT2D eigenvalue weighted by atomic mass is 10.1. The average molecular weight is 405 g/mol. The van der Waals surface area contributed by atoms with Gasteiger partial charge in [0, 0.05) is 38.3 Å². The number of hydrogen-bond acceptors (Lipinski definition) is 5. The van der Waals surface area contributed by atoms with Crippen molar-refractivity contribution in [2.45, 2.75) is 46.1 Å². The molecule has 1 aliphatic heterocycles. The molecular formula is C20H32N6O3. The largest absolute Gasteiger partial charge is 0.450 e. The first-order valence-electron chi connectivity index (χ1n) is 10.2. The number of anilines is 1. The van der Waals surface area contributed by atoms with Crippen molar-refractivity contribution < 1.29 is 14.3 Å². The number of guanidine groups is 1. The number of aliphatic imine (C=N–C) groups is 1. The third kappa shape index (κ3) is 7.97. The molecule has 9 heteroatoms.